The third kappa shape index (κ3) is 2.11. The molecule has 5 nitrogen and oxygen atoms in total. The molecule has 0 aromatic heterocycles. The number of para-hydroxylation sites is 1. The molecular formula is C13H14N2O3. The summed E-state index contributed by atoms with van der Waals surface area (Å²) in [6.07, 6.45) is 1.15. The van der Waals surface area contributed by atoms with Crippen molar-refractivity contribution < 1.29 is 14.4 Å². The van der Waals surface area contributed by atoms with Gasteiger partial charge >= 0.3 is 6.03 Å². The van der Waals surface area contributed by atoms with Gasteiger partial charge in [0.2, 0.25) is 11.8 Å². The van der Waals surface area contributed by atoms with Crippen molar-refractivity contribution in [2.24, 2.45) is 5.92 Å². The fraction of sp³-hybridized carbons (Fsp3) is 0.308. The van der Waals surface area contributed by atoms with Gasteiger partial charge in [0.05, 0.1) is 5.69 Å². The van der Waals surface area contributed by atoms with Crippen LogP contribution < -0.4 is 10.2 Å². The highest BCUT2D eigenvalue weighted by atomic mass is 16.2. The summed E-state index contributed by atoms with van der Waals surface area (Å²) in [6.45, 7) is 1.89. The zero-order valence-corrected chi connectivity index (χ0v) is 10.1. The zero-order valence-electron chi connectivity index (χ0n) is 10.1. The van der Waals surface area contributed by atoms with Crippen LogP contribution in [0, 0.1) is 5.92 Å². The number of carbonyl (C=O) groups is 3. The molecule has 1 aromatic carbocycles. The van der Waals surface area contributed by atoms with E-state index in [9.17, 15) is 14.4 Å². The minimum absolute atomic E-state index is 0.446. The summed E-state index contributed by atoms with van der Waals surface area (Å²) in [7, 11) is 0. The summed E-state index contributed by atoms with van der Waals surface area (Å²) < 4.78 is 0. The number of nitrogens with zero attached hydrogens (tertiary/aromatic N) is 1. The maximum atomic E-state index is 12.2. The number of barbiturate groups is 1. The lowest BCUT2D eigenvalue weighted by atomic mass is 9.99. The van der Waals surface area contributed by atoms with Crippen molar-refractivity contribution in [1.82, 2.24) is 5.32 Å². The summed E-state index contributed by atoms with van der Waals surface area (Å²) in [5, 5.41) is 2.22. The fourth-order valence-corrected chi connectivity index (χ4v) is 1.98. The van der Waals surface area contributed by atoms with Crippen LogP contribution in [0.5, 0.6) is 0 Å². The van der Waals surface area contributed by atoms with Gasteiger partial charge in [-0.2, -0.15) is 0 Å². The van der Waals surface area contributed by atoms with Gasteiger partial charge in [-0.05, 0) is 18.6 Å². The molecule has 0 saturated carbocycles. The lowest BCUT2D eigenvalue weighted by molar-refractivity contribution is -0.134. The quantitative estimate of drug-likeness (QED) is 0.825. The Balaban J connectivity index is 2.32. The molecule has 0 aliphatic carbocycles. The van der Waals surface area contributed by atoms with Crippen LogP contribution in [0.25, 0.3) is 0 Å². The standard InChI is InChI=1S/C13H14N2O3/c1-2-6-10-11(16)14-13(18)15(12(10)17)9-7-4-3-5-8-9/h3-5,7-8,10H,2,6H2,1H3,(H,14,16,18). The largest absolute Gasteiger partial charge is 0.335 e. The predicted octanol–water partition coefficient (Wildman–Crippen LogP) is 1.69. The Morgan fingerprint density at radius 1 is 1.17 bits per heavy atom. The Labute approximate surface area is 105 Å². The van der Waals surface area contributed by atoms with E-state index in [4.69, 9.17) is 0 Å². The van der Waals surface area contributed by atoms with Crippen molar-refractivity contribution >= 4 is 23.5 Å². The van der Waals surface area contributed by atoms with Crippen LogP contribution in [0.4, 0.5) is 10.5 Å². The lowest BCUT2D eigenvalue weighted by Crippen LogP contribution is -2.58. The average molecular weight is 246 g/mol. The number of nitrogens with one attached hydrogen (secondary N) is 1. The van der Waals surface area contributed by atoms with E-state index in [1.54, 1.807) is 30.3 Å². The smallest absolute Gasteiger partial charge is 0.277 e. The Morgan fingerprint density at radius 2 is 1.83 bits per heavy atom. The highest BCUT2D eigenvalue weighted by Crippen LogP contribution is 2.22. The van der Waals surface area contributed by atoms with E-state index in [-0.39, 0.29) is 0 Å². The molecule has 5 heteroatoms. The third-order valence-corrected chi connectivity index (χ3v) is 2.86. The summed E-state index contributed by atoms with van der Waals surface area (Å²) in [6, 6.07) is 7.92. The van der Waals surface area contributed by atoms with Gasteiger partial charge in [0.25, 0.3) is 0 Å². The van der Waals surface area contributed by atoms with Crippen LogP contribution in [0.1, 0.15) is 19.8 Å². The average Bonchev–Trinajstić information content (AvgIpc) is 2.35. The minimum Gasteiger partial charge on any atom is -0.277 e. The van der Waals surface area contributed by atoms with E-state index in [0.29, 0.717) is 18.5 Å². The topological polar surface area (TPSA) is 66.5 Å². The number of imide groups is 2. The molecular weight excluding hydrogens is 232 g/mol. The molecule has 1 atom stereocenters. The van der Waals surface area contributed by atoms with Crippen molar-refractivity contribution in [3.8, 4) is 0 Å². The van der Waals surface area contributed by atoms with Crippen LogP contribution in [-0.4, -0.2) is 17.8 Å². The lowest BCUT2D eigenvalue weighted by Gasteiger charge is -2.29. The molecule has 0 spiro atoms. The number of benzene rings is 1. The summed E-state index contributed by atoms with van der Waals surface area (Å²) in [4.78, 5) is 36.6. The summed E-state index contributed by atoms with van der Waals surface area (Å²) in [5.41, 5.74) is 0.480. The van der Waals surface area contributed by atoms with Crippen LogP contribution in [0.2, 0.25) is 0 Å². The van der Waals surface area contributed by atoms with Gasteiger partial charge in [0.15, 0.2) is 0 Å². The van der Waals surface area contributed by atoms with E-state index < -0.39 is 23.8 Å². The maximum absolute atomic E-state index is 12.2. The molecule has 2 rings (SSSR count). The fourth-order valence-electron chi connectivity index (χ4n) is 1.98. The molecule has 1 fully saturated rings. The molecule has 0 radical (unpaired) electrons. The molecule has 1 aromatic rings. The van der Waals surface area contributed by atoms with Crippen molar-refractivity contribution in [3.05, 3.63) is 30.3 Å². The van der Waals surface area contributed by atoms with Crippen molar-refractivity contribution in [2.45, 2.75) is 19.8 Å². The predicted molar refractivity (Wildman–Crippen MR) is 65.9 cm³/mol. The van der Waals surface area contributed by atoms with Gasteiger partial charge in [0, 0.05) is 0 Å². The second-order valence-electron chi connectivity index (χ2n) is 4.14. The van der Waals surface area contributed by atoms with Crippen LogP contribution >= 0.6 is 0 Å². The molecule has 1 saturated heterocycles. The van der Waals surface area contributed by atoms with Crippen LogP contribution in [0.15, 0.2) is 30.3 Å². The number of hydrogen-bond donors (Lipinski definition) is 1. The van der Waals surface area contributed by atoms with E-state index in [1.807, 2.05) is 6.92 Å². The Morgan fingerprint density at radius 3 is 2.44 bits per heavy atom. The number of carbonyl (C=O) groups excluding carboxylic acids is 3. The van der Waals surface area contributed by atoms with E-state index in [2.05, 4.69) is 5.32 Å². The first-order valence-electron chi connectivity index (χ1n) is 5.89. The van der Waals surface area contributed by atoms with Crippen LogP contribution in [0.3, 0.4) is 0 Å². The second-order valence-corrected chi connectivity index (χ2v) is 4.14. The molecule has 1 N–H and O–H groups in total. The van der Waals surface area contributed by atoms with E-state index in [0.717, 1.165) is 4.90 Å². The zero-order chi connectivity index (χ0) is 13.1. The molecule has 4 amide bonds. The van der Waals surface area contributed by atoms with E-state index in [1.165, 1.54) is 0 Å². The van der Waals surface area contributed by atoms with Gasteiger partial charge < -0.3 is 0 Å². The highest BCUT2D eigenvalue weighted by molar-refractivity contribution is 6.27. The molecule has 1 heterocycles. The molecule has 1 aliphatic heterocycles. The van der Waals surface area contributed by atoms with Gasteiger partial charge in [-0.25, -0.2) is 9.69 Å². The van der Waals surface area contributed by atoms with Gasteiger partial charge in [-0.15, -0.1) is 0 Å². The van der Waals surface area contributed by atoms with Gasteiger partial charge in [0.1, 0.15) is 5.92 Å². The number of urea groups is 1. The SMILES string of the molecule is CCCC1C(=O)NC(=O)N(c2ccccc2)C1=O. The normalized spacial score (nSPS) is 19.9. The maximum Gasteiger partial charge on any atom is 0.335 e. The number of hydrogen-bond acceptors (Lipinski definition) is 3. The number of amides is 4. The summed E-state index contributed by atoms with van der Waals surface area (Å²) >= 11 is 0. The van der Waals surface area contributed by atoms with Crippen molar-refractivity contribution in [1.29, 1.82) is 0 Å². The molecule has 18 heavy (non-hydrogen) atoms. The Bertz CT molecular complexity index is 484. The van der Waals surface area contributed by atoms with Crippen LogP contribution in [-0.2, 0) is 9.59 Å². The van der Waals surface area contributed by atoms with Gasteiger partial charge in [-0.3, -0.25) is 14.9 Å². The van der Waals surface area contributed by atoms with Gasteiger partial charge in [-0.1, -0.05) is 31.5 Å². The Hall–Kier alpha value is -2.17. The molecule has 0 bridgehead atoms. The highest BCUT2D eigenvalue weighted by Gasteiger charge is 2.40. The monoisotopic (exact) mass is 246 g/mol. The number of anilines is 1. The number of rotatable bonds is 3. The molecule has 1 aliphatic rings. The first-order chi connectivity index (χ1) is 8.65. The third-order valence-electron chi connectivity index (χ3n) is 2.86. The second kappa shape index (κ2) is 5.00. The first-order valence-corrected chi connectivity index (χ1v) is 5.89. The summed E-state index contributed by atoms with van der Waals surface area (Å²) in [5.74, 6) is -1.72. The Kier molecular flexibility index (Phi) is 3.41. The first kappa shape index (κ1) is 12.3. The van der Waals surface area contributed by atoms with E-state index >= 15 is 0 Å². The minimum atomic E-state index is -0.770. The van der Waals surface area contributed by atoms with Crippen molar-refractivity contribution in [3.63, 3.8) is 0 Å². The molecule has 1 unspecified atom stereocenters. The van der Waals surface area contributed by atoms with Crippen molar-refractivity contribution in [2.75, 3.05) is 4.90 Å². The molecule has 94 valence electrons.